The van der Waals surface area contributed by atoms with Crippen molar-refractivity contribution in [2.45, 2.75) is 4.90 Å². The molecule has 0 saturated carbocycles. The summed E-state index contributed by atoms with van der Waals surface area (Å²) in [5.74, 6) is -0.737. The zero-order chi connectivity index (χ0) is 17.7. The van der Waals surface area contributed by atoms with Crippen LogP contribution >= 0.6 is 35.0 Å². The van der Waals surface area contributed by atoms with E-state index in [2.05, 4.69) is 10.9 Å². The molecule has 5 nitrogen and oxygen atoms in total. The van der Waals surface area contributed by atoms with Crippen LogP contribution in [0.2, 0.25) is 10.0 Å². The Morgan fingerprint density at radius 1 is 1.00 bits per heavy atom. The van der Waals surface area contributed by atoms with Gasteiger partial charge in [0.05, 0.1) is 23.3 Å². The Morgan fingerprint density at radius 2 is 1.67 bits per heavy atom. The standard InChI is InChI=1S/C16H14Cl2N2O3S/c1-23-14-6-3-9(17)7-12(14)16(22)20-19-15(21)11-8-10(24-2)4-5-13(11)18/h3-8H,1-2H3,(H,19,21)(H,20,22). The lowest BCUT2D eigenvalue weighted by Crippen LogP contribution is -2.41. The molecule has 2 amide bonds. The van der Waals surface area contributed by atoms with Gasteiger partial charge in [-0.2, -0.15) is 0 Å². The maximum absolute atomic E-state index is 12.2. The van der Waals surface area contributed by atoms with Crippen molar-refractivity contribution in [3.8, 4) is 5.75 Å². The van der Waals surface area contributed by atoms with E-state index in [1.54, 1.807) is 30.3 Å². The van der Waals surface area contributed by atoms with Crippen molar-refractivity contribution >= 4 is 46.8 Å². The lowest BCUT2D eigenvalue weighted by atomic mass is 10.2. The monoisotopic (exact) mass is 384 g/mol. The zero-order valence-electron chi connectivity index (χ0n) is 12.9. The number of hydrogen-bond acceptors (Lipinski definition) is 4. The van der Waals surface area contributed by atoms with Crippen LogP contribution in [-0.2, 0) is 0 Å². The summed E-state index contributed by atoms with van der Waals surface area (Å²) in [5, 5.41) is 0.669. The fourth-order valence-electron chi connectivity index (χ4n) is 1.91. The maximum Gasteiger partial charge on any atom is 0.273 e. The second kappa shape index (κ2) is 8.28. The first-order chi connectivity index (χ1) is 11.5. The number of ether oxygens (including phenoxy) is 1. The minimum Gasteiger partial charge on any atom is -0.496 e. The highest BCUT2D eigenvalue weighted by molar-refractivity contribution is 7.98. The van der Waals surface area contributed by atoms with E-state index < -0.39 is 11.8 Å². The first-order valence-electron chi connectivity index (χ1n) is 6.74. The topological polar surface area (TPSA) is 67.4 Å². The molecule has 0 aliphatic heterocycles. The number of nitrogens with one attached hydrogen (secondary N) is 2. The SMILES string of the molecule is COc1ccc(Cl)cc1C(=O)NNC(=O)c1cc(SC)ccc1Cl. The molecule has 0 aromatic heterocycles. The summed E-state index contributed by atoms with van der Waals surface area (Å²) in [7, 11) is 1.44. The van der Waals surface area contributed by atoms with E-state index in [1.807, 2.05) is 6.26 Å². The number of carbonyl (C=O) groups excluding carboxylic acids is 2. The number of rotatable bonds is 4. The summed E-state index contributed by atoms with van der Waals surface area (Å²) >= 11 is 13.4. The van der Waals surface area contributed by atoms with E-state index in [9.17, 15) is 9.59 Å². The predicted octanol–water partition coefficient (Wildman–Crippen LogP) is 3.80. The van der Waals surface area contributed by atoms with Gasteiger partial charge >= 0.3 is 0 Å². The number of thioether (sulfide) groups is 1. The Bertz CT molecular complexity index is 784. The quantitative estimate of drug-likeness (QED) is 0.621. The number of benzene rings is 2. The molecule has 2 aromatic carbocycles. The van der Waals surface area contributed by atoms with Crippen molar-refractivity contribution in [3.05, 3.63) is 57.6 Å². The van der Waals surface area contributed by atoms with Crippen LogP contribution in [0.5, 0.6) is 5.75 Å². The van der Waals surface area contributed by atoms with Gasteiger partial charge in [-0.3, -0.25) is 20.4 Å². The van der Waals surface area contributed by atoms with Crippen molar-refractivity contribution in [1.29, 1.82) is 0 Å². The molecule has 0 aliphatic rings. The third-order valence-corrected chi connectivity index (χ3v) is 4.40. The highest BCUT2D eigenvalue weighted by atomic mass is 35.5. The molecule has 0 heterocycles. The van der Waals surface area contributed by atoms with Gasteiger partial charge in [0.15, 0.2) is 0 Å². The molecule has 0 fully saturated rings. The molecule has 24 heavy (non-hydrogen) atoms. The molecule has 0 saturated heterocycles. The molecule has 2 rings (SSSR count). The summed E-state index contributed by atoms with van der Waals surface area (Å²) in [6, 6.07) is 9.70. The Morgan fingerprint density at radius 3 is 2.29 bits per heavy atom. The van der Waals surface area contributed by atoms with Crippen LogP contribution in [0.1, 0.15) is 20.7 Å². The van der Waals surface area contributed by atoms with Gasteiger partial charge in [-0.15, -0.1) is 11.8 Å². The minimum atomic E-state index is -0.556. The van der Waals surface area contributed by atoms with Crippen molar-refractivity contribution < 1.29 is 14.3 Å². The number of hydrazine groups is 1. The van der Waals surface area contributed by atoms with Crippen LogP contribution in [0.15, 0.2) is 41.3 Å². The van der Waals surface area contributed by atoms with E-state index in [4.69, 9.17) is 27.9 Å². The third kappa shape index (κ3) is 4.35. The summed E-state index contributed by atoms with van der Waals surface area (Å²) in [6.45, 7) is 0. The molecular weight excluding hydrogens is 371 g/mol. The van der Waals surface area contributed by atoms with Crippen LogP contribution in [0.4, 0.5) is 0 Å². The summed E-state index contributed by atoms with van der Waals surface area (Å²) < 4.78 is 5.11. The Hall–Kier alpha value is -1.89. The van der Waals surface area contributed by atoms with Crippen molar-refractivity contribution in [3.63, 3.8) is 0 Å². The highest BCUT2D eigenvalue weighted by Gasteiger charge is 2.16. The predicted molar refractivity (Wildman–Crippen MR) is 96.2 cm³/mol. The number of methoxy groups -OCH3 is 1. The molecule has 2 N–H and O–H groups in total. The largest absolute Gasteiger partial charge is 0.496 e. The summed E-state index contributed by atoms with van der Waals surface area (Å²) in [5.41, 5.74) is 5.12. The van der Waals surface area contributed by atoms with Crippen molar-refractivity contribution in [2.24, 2.45) is 0 Å². The van der Waals surface area contributed by atoms with E-state index >= 15 is 0 Å². The second-order valence-electron chi connectivity index (χ2n) is 4.60. The van der Waals surface area contributed by atoms with Gasteiger partial charge in [-0.05, 0) is 42.7 Å². The van der Waals surface area contributed by atoms with E-state index in [1.165, 1.54) is 24.9 Å². The van der Waals surface area contributed by atoms with Gasteiger partial charge < -0.3 is 4.74 Å². The third-order valence-electron chi connectivity index (χ3n) is 3.11. The van der Waals surface area contributed by atoms with Gasteiger partial charge in [0.2, 0.25) is 0 Å². The van der Waals surface area contributed by atoms with Crippen LogP contribution < -0.4 is 15.6 Å². The van der Waals surface area contributed by atoms with Gasteiger partial charge in [-0.25, -0.2) is 0 Å². The fraction of sp³-hybridized carbons (Fsp3) is 0.125. The molecule has 0 unspecified atom stereocenters. The average Bonchev–Trinajstić information content (AvgIpc) is 2.59. The summed E-state index contributed by atoms with van der Waals surface area (Å²) in [6.07, 6.45) is 1.89. The fourth-order valence-corrected chi connectivity index (χ4v) is 2.73. The first-order valence-corrected chi connectivity index (χ1v) is 8.72. The van der Waals surface area contributed by atoms with Gasteiger partial charge in [0, 0.05) is 9.92 Å². The Balaban J connectivity index is 2.12. The maximum atomic E-state index is 12.2. The lowest BCUT2D eigenvalue weighted by Gasteiger charge is -2.11. The van der Waals surface area contributed by atoms with Crippen LogP contribution in [0.3, 0.4) is 0 Å². The normalized spacial score (nSPS) is 10.2. The molecule has 0 aliphatic carbocycles. The molecular formula is C16H14Cl2N2O3S. The van der Waals surface area contributed by atoms with Crippen LogP contribution in [-0.4, -0.2) is 25.2 Å². The summed E-state index contributed by atoms with van der Waals surface area (Å²) in [4.78, 5) is 25.3. The van der Waals surface area contributed by atoms with Crippen LogP contribution in [0.25, 0.3) is 0 Å². The first kappa shape index (κ1) is 18.4. The van der Waals surface area contributed by atoms with Gasteiger partial charge in [0.1, 0.15) is 5.75 Å². The molecule has 0 bridgehead atoms. The number of carbonyl (C=O) groups is 2. The Labute approximate surface area is 153 Å². The second-order valence-corrected chi connectivity index (χ2v) is 6.32. The van der Waals surface area contributed by atoms with Crippen molar-refractivity contribution in [1.82, 2.24) is 10.9 Å². The minimum absolute atomic E-state index is 0.203. The number of halogens is 2. The molecule has 0 radical (unpaired) electrons. The van der Waals surface area contributed by atoms with Crippen LogP contribution in [0, 0.1) is 0 Å². The molecule has 2 aromatic rings. The highest BCUT2D eigenvalue weighted by Crippen LogP contribution is 2.24. The smallest absolute Gasteiger partial charge is 0.273 e. The molecule has 0 atom stereocenters. The molecule has 126 valence electrons. The average molecular weight is 385 g/mol. The molecule has 0 spiro atoms. The van der Waals surface area contributed by atoms with E-state index in [-0.39, 0.29) is 11.1 Å². The lowest BCUT2D eigenvalue weighted by molar-refractivity contribution is 0.0845. The zero-order valence-corrected chi connectivity index (χ0v) is 15.2. The van der Waals surface area contributed by atoms with E-state index in [0.717, 1.165) is 4.90 Å². The van der Waals surface area contributed by atoms with Gasteiger partial charge in [-0.1, -0.05) is 23.2 Å². The van der Waals surface area contributed by atoms with Gasteiger partial charge in [0.25, 0.3) is 11.8 Å². The Kier molecular flexibility index (Phi) is 6.36. The number of amides is 2. The number of hydrogen-bond donors (Lipinski definition) is 2. The van der Waals surface area contributed by atoms with Crippen molar-refractivity contribution in [2.75, 3.05) is 13.4 Å². The molecule has 8 heteroatoms. The van der Waals surface area contributed by atoms with E-state index in [0.29, 0.717) is 15.8 Å².